The Morgan fingerprint density at radius 3 is 2.83 bits per heavy atom. The maximum atomic E-state index is 12.6. The van der Waals surface area contributed by atoms with E-state index in [9.17, 15) is 13.2 Å². The fraction of sp³-hybridized carbons (Fsp3) is 0.467. The van der Waals surface area contributed by atoms with Gasteiger partial charge in [0.1, 0.15) is 5.82 Å². The second kappa shape index (κ2) is 5.38. The highest BCUT2D eigenvalue weighted by atomic mass is 32.2. The van der Waals surface area contributed by atoms with E-state index >= 15 is 0 Å². The molecule has 0 aliphatic carbocycles. The number of nitrogens with one attached hydrogen (secondary N) is 1. The number of halogens is 3. The zero-order valence-electron chi connectivity index (χ0n) is 12.7. The number of nitrogens with zero attached hydrogens (tertiary/aromatic N) is 3. The van der Waals surface area contributed by atoms with Gasteiger partial charge in [-0.05, 0) is 43.3 Å². The molecule has 128 valence electrons. The van der Waals surface area contributed by atoms with Crippen molar-refractivity contribution >= 4 is 17.6 Å². The lowest BCUT2D eigenvalue weighted by Gasteiger charge is -2.20. The average Bonchev–Trinajstić information content (AvgIpc) is 3.19. The Labute approximate surface area is 140 Å². The van der Waals surface area contributed by atoms with Gasteiger partial charge >= 0.3 is 5.51 Å². The van der Waals surface area contributed by atoms with Crippen LogP contribution in [0.1, 0.15) is 18.5 Å². The fourth-order valence-corrected chi connectivity index (χ4v) is 4.17. The lowest BCUT2D eigenvalue weighted by Crippen LogP contribution is -2.25. The third-order valence-corrected chi connectivity index (χ3v) is 5.55. The van der Waals surface area contributed by atoms with E-state index < -0.39 is 5.51 Å². The summed E-state index contributed by atoms with van der Waals surface area (Å²) in [4.78, 5) is 3.81. The Kier molecular flexibility index (Phi) is 3.54. The predicted octanol–water partition coefficient (Wildman–Crippen LogP) is 2.77. The van der Waals surface area contributed by atoms with Crippen molar-refractivity contribution in [3.63, 3.8) is 0 Å². The molecule has 0 bridgehead atoms. The largest absolute Gasteiger partial charge is 0.446 e. The molecule has 2 aliphatic rings. The Hall–Kier alpha value is -1.74. The minimum atomic E-state index is -4.40. The van der Waals surface area contributed by atoms with Crippen LogP contribution < -0.4 is 11.1 Å². The minimum Gasteiger partial charge on any atom is -0.383 e. The Bertz CT molecular complexity index is 780. The molecule has 0 aromatic carbocycles. The predicted molar refractivity (Wildman–Crippen MR) is 85.6 cm³/mol. The van der Waals surface area contributed by atoms with E-state index in [1.165, 1.54) is 12.3 Å². The van der Waals surface area contributed by atoms with Crippen molar-refractivity contribution in [1.29, 1.82) is 0 Å². The number of aromatic nitrogens is 3. The second-order valence-corrected chi connectivity index (χ2v) is 7.36. The molecule has 24 heavy (non-hydrogen) atoms. The van der Waals surface area contributed by atoms with E-state index in [4.69, 9.17) is 5.73 Å². The van der Waals surface area contributed by atoms with E-state index in [2.05, 4.69) is 15.4 Å². The number of rotatable bonds is 2. The molecule has 2 aromatic heterocycles. The Balaban J connectivity index is 1.69. The summed E-state index contributed by atoms with van der Waals surface area (Å²) in [7, 11) is 0. The molecule has 9 heteroatoms. The zero-order chi connectivity index (χ0) is 16.9. The van der Waals surface area contributed by atoms with Crippen LogP contribution in [0, 0.1) is 0 Å². The number of nitrogens with two attached hydrogens (primary N) is 1. The van der Waals surface area contributed by atoms with Crippen molar-refractivity contribution in [2.45, 2.75) is 35.2 Å². The van der Waals surface area contributed by atoms with Crippen molar-refractivity contribution in [3.05, 3.63) is 24.0 Å². The highest BCUT2D eigenvalue weighted by Crippen LogP contribution is 2.43. The molecule has 0 radical (unpaired) electrons. The summed E-state index contributed by atoms with van der Waals surface area (Å²) in [6.45, 7) is 2.74. The summed E-state index contributed by atoms with van der Waals surface area (Å²) < 4.78 is 39.9. The van der Waals surface area contributed by atoms with Crippen LogP contribution in [0.15, 0.2) is 23.2 Å². The smallest absolute Gasteiger partial charge is 0.383 e. The maximum absolute atomic E-state index is 12.6. The summed E-state index contributed by atoms with van der Waals surface area (Å²) >= 11 is -0.246. The van der Waals surface area contributed by atoms with Gasteiger partial charge in [0.2, 0.25) is 0 Å². The van der Waals surface area contributed by atoms with Gasteiger partial charge in [-0.25, -0.2) is 4.98 Å². The molecule has 2 aliphatic heterocycles. The van der Waals surface area contributed by atoms with Gasteiger partial charge < -0.3 is 11.1 Å². The van der Waals surface area contributed by atoms with Crippen LogP contribution in [0.5, 0.6) is 0 Å². The lowest BCUT2D eigenvalue weighted by molar-refractivity contribution is -0.0328. The van der Waals surface area contributed by atoms with Crippen molar-refractivity contribution in [2.75, 3.05) is 18.8 Å². The van der Waals surface area contributed by atoms with Crippen LogP contribution in [0.25, 0.3) is 11.3 Å². The first-order valence-corrected chi connectivity index (χ1v) is 8.49. The van der Waals surface area contributed by atoms with Crippen LogP contribution in [0.3, 0.4) is 0 Å². The number of hydrogen-bond acceptors (Lipinski definition) is 5. The first kappa shape index (κ1) is 15.8. The highest BCUT2D eigenvalue weighted by Gasteiger charge is 2.42. The van der Waals surface area contributed by atoms with Crippen LogP contribution in [0.2, 0.25) is 0 Å². The SMILES string of the molecule is Nc1ncc(-c2cc3n(n2)CC[C@@]32CCNC2)cc1SC(F)(F)F. The van der Waals surface area contributed by atoms with Crippen molar-refractivity contribution in [3.8, 4) is 11.3 Å². The first-order valence-electron chi connectivity index (χ1n) is 7.67. The molecule has 1 atom stereocenters. The molecule has 2 aromatic rings. The molecule has 1 fully saturated rings. The highest BCUT2D eigenvalue weighted by molar-refractivity contribution is 8.00. The van der Waals surface area contributed by atoms with Gasteiger partial charge in [0, 0.05) is 36.0 Å². The number of anilines is 1. The molecular weight excluding hydrogens is 339 g/mol. The lowest BCUT2D eigenvalue weighted by atomic mass is 9.82. The number of pyridine rings is 1. The second-order valence-electron chi connectivity index (χ2n) is 6.25. The summed E-state index contributed by atoms with van der Waals surface area (Å²) in [6.07, 6.45) is 3.60. The van der Waals surface area contributed by atoms with Gasteiger partial charge in [-0.3, -0.25) is 4.68 Å². The Morgan fingerprint density at radius 1 is 1.29 bits per heavy atom. The fourth-order valence-electron chi connectivity index (χ4n) is 3.58. The molecule has 1 saturated heterocycles. The average molecular weight is 355 g/mol. The molecule has 5 nitrogen and oxygen atoms in total. The number of alkyl halides is 3. The van der Waals surface area contributed by atoms with Gasteiger partial charge in [-0.15, -0.1) is 0 Å². The van der Waals surface area contributed by atoms with Crippen LogP contribution in [0.4, 0.5) is 19.0 Å². The third-order valence-electron chi connectivity index (χ3n) is 4.77. The molecule has 3 N–H and O–H groups in total. The van der Waals surface area contributed by atoms with E-state index in [-0.39, 0.29) is 27.9 Å². The molecule has 0 unspecified atom stereocenters. The number of nitrogen functional groups attached to an aromatic ring is 1. The minimum absolute atomic E-state index is 0.0922. The summed E-state index contributed by atoms with van der Waals surface area (Å²) in [5.41, 5.74) is 3.64. The number of fused-ring (bicyclic) bond motifs is 2. The monoisotopic (exact) mass is 355 g/mol. The number of hydrogen-bond donors (Lipinski definition) is 2. The number of thioether (sulfide) groups is 1. The topological polar surface area (TPSA) is 68.8 Å². The van der Waals surface area contributed by atoms with Crippen molar-refractivity contribution in [2.24, 2.45) is 0 Å². The van der Waals surface area contributed by atoms with Gasteiger partial charge in [0.15, 0.2) is 0 Å². The van der Waals surface area contributed by atoms with E-state index in [1.54, 1.807) is 0 Å². The third kappa shape index (κ3) is 2.65. The van der Waals surface area contributed by atoms with Gasteiger partial charge in [0.25, 0.3) is 0 Å². The van der Waals surface area contributed by atoms with Crippen LogP contribution in [-0.2, 0) is 12.0 Å². The zero-order valence-corrected chi connectivity index (χ0v) is 13.5. The van der Waals surface area contributed by atoms with E-state index in [1.807, 2.05) is 10.7 Å². The molecule has 4 heterocycles. The van der Waals surface area contributed by atoms with Crippen LogP contribution >= 0.6 is 11.8 Å². The van der Waals surface area contributed by atoms with Crippen LogP contribution in [-0.4, -0.2) is 33.4 Å². The molecular formula is C15H16F3N5S. The van der Waals surface area contributed by atoms with Crippen molar-refractivity contribution in [1.82, 2.24) is 20.1 Å². The van der Waals surface area contributed by atoms with Crippen molar-refractivity contribution < 1.29 is 13.2 Å². The number of aryl methyl sites for hydroxylation is 1. The molecule has 4 rings (SSSR count). The van der Waals surface area contributed by atoms with Gasteiger partial charge in [0.05, 0.1) is 10.6 Å². The first-order chi connectivity index (χ1) is 11.4. The van der Waals surface area contributed by atoms with Gasteiger partial charge in [-0.1, -0.05) is 0 Å². The van der Waals surface area contributed by atoms with E-state index in [0.29, 0.717) is 11.3 Å². The maximum Gasteiger partial charge on any atom is 0.446 e. The van der Waals surface area contributed by atoms with Gasteiger partial charge in [-0.2, -0.15) is 18.3 Å². The quantitative estimate of drug-likeness (QED) is 0.811. The molecule has 0 saturated carbocycles. The Morgan fingerprint density at radius 2 is 2.12 bits per heavy atom. The molecule has 0 amide bonds. The standard InChI is InChI=1S/C15H16F3N5S/c16-15(17,18)24-11-5-9(7-21-13(11)19)10-6-12-14(1-3-20-8-14)2-4-23(12)22-10/h5-7,20H,1-4,8H2,(H2,19,21)/t14-/m1/s1. The normalized spacial score (nSPS) is 23.1. The molecule has 1 spiro atoms. The summed E-state index contributed by atoms with van der Waals surface area (Å²) in [5, 5.41) is 7.95. The van der Waals surface area contributed by atoms with E-state index in [0.717, 1.165) is 38.2 Å². The summed E-state index contributed by atoms with van der Waals surface area (Å²) in [6, 6.07) is 3.40. The summed E-state index contributed by atoms with van der Waals surface area (Å²) in [5.74, 6) is -0.121.